The van der Waals surface area contributed by atoms with Crippen LogP contribution in [0.1, 0.15) is 41.2 Å². The number of aromatic nitrogens is 1. The standard InChI is InChI=1S/C16H17F2N3OS/c1-8-14(9(2)22-21-8)13-7-16(3,20-15(19)23-13)11-5-4-10(17)6-12(11)18/h4-6,13H,7H2,1-3H3,(H2,19,20)/t13-,16-/m0/s1. The summed E-state index contributed by atoms with van der Waals surface area (Å²) in [6.07, 6.45) is 0.518. The third-order valence-electron chi connectivity index (χ3n) is 4.12. The first-order chi connectivity index (χ1) is 10.8. The summed E-state index contributed by atoms with van der Waals surface area (Å²) in [7, 11) is 0. The quantitative estimate of drug-likeness (QED) is 0.900. The van der Waals surface area contributed by atoms with Crippen LogP contribution in [-0.4, -0.2) is 10.3 Å². The highest BCUT2D eigenvalue weighted by atomic mass is 32.2. The lowest BCUT2D eigenvalue weighted by atomic mass is 9.85. The molecule has 4 nitrogen and oxygen atoms in total. The summed E-state index contributed by atoms with van der Waals surface area (Å²) in [5.74, 6) is -0.510. The Kier molecular flexibility index (Phi) is 3.91. The number of hydrogen-bond donors (Lipinski definition) is 1. The van der Waals surface area contributed by atoms with Crippen LogP contribution >= 0.6 is 11.8 Å². The molecule has 1 aromatic carbocycles. The molecule has 0 saturated carbocycles. The van der Waals surface area contributed by atoms with Crippen molar-refractivity contribution in [1.82, 2.24) is 5.16 Å². The Morgan fingerprint density at radius 2 is 2.09 bits per heavy atom. The molecule has 0 aliphatic carbocycles. The molecule has 2 aromatic rings. The molecule has 122 valence electrons. The van der Waals surface area contributed by atoms with Crippen LogP contribution in [0.2, 0.25) is 0 Å². The summed E-state index contributed by atoms with van der Waals surface area (Å²) < 4.78 is 32.7. The monoisotopic (exact) mass is 337 g/mol. The molecule has 0 unspecified atom stereocenters. The van der Waals surface area contributed by atoms with E-state index in [0.717, 1.165) is 23.1 Å². The van der Waals surface area contributed by atoms with Gasteiger partial charge in [0.1, 0.15) is 17.4 Å². The normalized spacial score (nSPS) is 24.6. The van der Waals surface area contributed by atoms with Crippen molar-refractivity contribution in [3.8, 4) is 0 Å². The van der Waals surface area contributed by atoms with E-state index in [0.29, 0.717) is 17.2 Å². The molecule has 0 saturated heterocycles. The SMILES string of the molecule is Cc1noc(C)c1[C@@H]1C[C@@](C)(c2ccc(F)cc2F)N=C(N)S1. The number of thioether (sulfide) groups is 1. The molecule has 1 aliphatic rings. The van der Waals surface area contributed by atoms with E-state index in [9.17, 15) is 8.78 Å². The highest BCUT2D eigenvalue weighted by molar-refractivity contribution is 8.14. The number of nitrogens with two attached hydrogens (primary N) is 1. The van der Waals surface area contributed by atoms with Crippen molar-refractivity contribution in [1.29, 1.82) is 0 Å². The molecule has 3 rings (SSSR count). The second-order valence-corrected chi connectivity index (χ2v) is 7.12. The zero-order valence-corrected chi connectivity index (χ0v) is 13.9. The first kappa shape index (κ1) is 16.0. The molecule has 0 spiro atoms. The Morgan fingerprint density at radius 1 is 1.35 bits per heavy atom. The van der Waals surface area contributed by atoms with Gasteiger partial charge in [-0.3, -0.25) is 4.99 Å². The molecule has 1 aliphatic heterocycles. The molecule has 2 N–H and O–H groups in total. The number of halogens is 2. The van der Waals surface area contributed by atoms with Crippen LogP contribution in [0.3, 0.4) is 0 Å². The Morgan fingerprint density at radius 3 is 2.70 bits per heavy atom. The summed E-state index contributed by atoms with van der Waals surface area (Å²) in [5, 5.41) is 4.29. The molecular formula is C16H17F2N3OS. The number of hydrogen-bond acceptors (Lipinski definition) is 5. The number of benzene rings is 1. The molecule has 2 atom stereocenters. The van der Waals surface area contributed by atoms with E-state index in [-0.39, 0.29) is 5.25 Å². The fourth-order valence-electron chi connectivity index (χ4n) is 3.07. The second-order valence-electron chi connectivity index (χ2n) is 5.90. The minimum absolute atomic E-state index is 0.0480. The summed E-state index contributed by atoms with van der Waals surface area (Å²) in [6.45, 7) is 5.51. The van der Waals surface area contributed by atoms with E-state index >= 15 is 0 Å². The molecule has 0 bridgehead atoms. The van der Waals surface area contributed by atoms with Crippen molar-refractivity contribution in [3.63, 3.8) is 0 Å². The van der Waals surface area contributed by atoms with E-state index in [1.54, 1.807) is 6.92 Å². The van der Waals surface area contributed by atoms with Gasteiger partial charge in [-0.1, -0.05) is 23.0 Å². The number of aryl methyl sites for hydroxylation is 2. The van der Waals surface area contributed by atoms with Gasteiger partial charge in [-0.15, -0.1) is 0 Å². The van der Waals surface area contributed by atoms with Gasteiger partial charge >= 0.3 is 0 Å². The Labute approximate surface area is 137 Å². The van der Waals surface area contributed by atoms with Crippen LogP contribution in [-0.2, 0) is 5.54 Å². The summed E-state index contributed by atoms with van der Waals surface area (Å²) >= 11 is 1.41. The molecular weight excluding hydrogens is 320 g/mol. The highest BCUT2D eigenvalue weighted by Gasteiger charge is 2.39. The fourth-order valence-corrected chi connectivity index (χ4v) is 4.48. The van der Waals surface area contributed by atoms with Crippen LogP contribution in [0, 0.1) is 25.5 Å². The van der Waals surface area contributed by atoms with Crippen LogP contribution in [0.25, 0.3) is 0 Å². The van der Waals surface area contributed by atoms with Gasteiger partial charge in [-0.2, -0.15) is 0 Å². The summed E-state index contributed by atoms with van der Waals surface area (Å²) in [5.41, 5.74) is 7.20. The van der Waals surface area contributed by atoms with Gasteiger partial charge in [0.25, 0.3) is 0 Å². The number of aliphatic imine (C=N–C) groups is 1. The first-order valence-electron chi connectivity index (χ1n) is 7.20. The van der Waals surface area contributed by atoms with Gasteiger partial charge in [0.2, 0.25) is 0 Å². The topological polar surface area (TPSA) is 64.4 Å². The van der Waals surface area contributed by atoms with Crippen molar-refractivity contribution in [2.75, 3.05) is 0 Å². The van der Waals surface area contributed by atoms with E-state index in [2.05, 4.69) is 10.1 Å². The van der Waals surface area contributed by atoms with Crippen LogP contribution in [0.5, 0.6) is 0 Å². The molecule has 1 aromatic heterocycles. The smallest absolute Gasteiger partial charge is 0.155 e. The van der Waals surface area contributed by atoms with E-state index in [1.807, 2.05) is 13.8 Å². The lowest BCUT2D eigenvalue weighted by Gasteiger charge is -2.34. The summed E-state index contributed by atoms with van der Waals surface area (Å²) in [6, 6.07) is 3.54. The zero-order valence-electron chi connectivity index (χ0n) is 13.1. The largest absolute Gasteiger partial charge is 0.378 e. The Hall–Kier alpha value is -1.89. The van der Waals surface area contributed by atoms with Gasteiger partial charge < -0.3 is 10.3 Å². The van der Waals surface area contributed by atoms with Gasteiger partial charge in [0.05, 0.1) is 11.2 Å². The Balaban J connectivity index is 2.04. The van der Waals surface area contributed by atoms with Crippen LogP contribution < -0.4 is 5.73 Å². The van der Waals surface area contributed by atoms with E-state index in [4.69, 9.17) is 10.3 Å². The second kappa shape index (κ2) is 5.63. The average Bonchev–Trinajstić information content (AvgIpc) is 2.76. The van der Waals surface area contributed by atoms with Crippen molar-refractivity contribution < 1.29 is 13.3 Å². The number of rotatable bonds is 2. The molecule has 0 amide bonds. The highest BCUT2D eigenvalue weighted by Crippen LogP contribution is 2.48. The van der Waals surface area contributed by atoms with Gasteiger partial charge in [0, 0.05) is 22.4 Å². The van der Waals surface area contributed by atoms with Crippen molar-refractivity contribution in [3.05, 3.63) is 52.4 Å². The fraction of sp³-hybridized carbons (Fsp3) is 0.375. The maximum atomic E-state index is 14.2. The van der Waals surface area contributed by atoms with Crippen LogP contribution in [0.4, 0.5) is 8.78 Å². The van der Waals surface area contributed by atoms with Crippen molar-refractivity contribution in [2.24, 2.45) is 10.7 Å². The molecule has 0 radical (unpaired) electrons. The third kappa shape index (κ3) is 2.85. The zero-order chi connectivity index (χ0) is 16.8. The van der Waals surface area contributed by atoms with Gasteiger partial charge in [0.15, 0.2) is 5.17 Å². The predicted molar refractivity (Wildman–Crippen MR) is 86.3 cm³/mol. The van der Waals surface area contributed by atoms with Gasteiger partial charge in [-0.25, -0.2) is 8.78 Å². The van der Waals surface area contributed by atoms with E-state index in [1.165, 1.54) is 23.9 Å². The lowest BCUT2D eigenvalue weighted by molar-refractivity contribution is 0.389. The number of amidine groups is 1. The van der Waals surface area contributed by atoms with Gasteiger partial charge in [-0.05, 0) is 33.3 Å². The average molecular weight is 337 g/mol. The predicted octanol–water partition coefficient (Wildman–Crippen LogP) is 3.98. The van der Waals surface area contributed by atoms with Crippen LogP contribution in [0.15, 0.2) is 27.7 Å². The lowest BCUT2D eigenvalue weighted by Crippen LogP contribution is -2.31. The Bertz CT molecular complexity index is 770. The van der Waals surface area contributed by atoms with Crippen molar-refractivity contribution >= 4 is 16.9 Å². The minimum Gasteiger partial charge on any atom is -0.378 e. The third-order valence-corrected chi connectivity index (χ3v) is 5.14. The molecule has 0 fully saturated rings. The first-order valence-corrected chi connectivity index (χ1v) is 8.08. The molecule has 23 heavy (non-hydrogen) atoms. The molecule has 7 heteroatoms. The van der Waals surface area contributed by atoms with E-state index < -0.39 is 17.2 Å². The maximum absolute atomic E-state index is 14.2. The minimum atomic E-state index is -0.867. The summed E-state index contributed by atoms with van der Waals surface area (Å²) in [4.78, 5) is 4.44. The molecule has 2 heterocycles. The van der Waals surface area contributed by atoms with Crippen molar-refractivity contribution in [2.45, 2.75) is 38.0 Å². The maximum Gasteiger partial charge on any atom is 0.155 e. The number of nitrogens with zero attached hydrogens (tertiary/aromatic N) is 2.